The van der Waals surface area contributed by atoms with Crippen LogP contribution >= 0.6 is 11.6 Å². The minimum absolute atomic E-state index is 0.0894. The van der Waals surface area contributed by atoms with Crippen molar-refractivity contribution in [3.05, 3.63) is 32.8 Å². The summed E-state index contributed by atoms with van der Waals surface area (Å²) in [6.45, 7) is 2.00. The second kappa shape index (κ2) is 5.28. The molecule has 0 bridgehead atoms. The Morgan fingerprint density at radius 3 is 2.60 bits per heavy atom. The standard InChI is InChI=1S/C13H15ClN2O4/c1-7(8-3-4-8)15(2)12-10(13(17)18)5-9(16(19)20)6-11(12)14/h5-8H,3-4H2,1-2H3,(H,17,18). The quantitative estimate of drug-likeness (QED) is 0.666. The van der Waals surface area contributed by atoms with E-state index in [4.69, 9.17) is 11.6 Å². The molecule has 0 spiro atoms. The zero-order valence-electron chi connectivity index (χ0n) is 11.2. The van der Waals surface area contributed by atoms with Gasteiger partial charge in [-0.1, -0.05) is 11.6 Å². The third-order valence-electron chi connectivity index (χ3n) is 3.76. The maximum absolute atomic E-state index is 11.4. The summed E-state index contributed by atoms with van der Waals surface area (Å²) in [5, 5.41) is 20.2. The van der Waals surface area contributed by atoms with Gasteiger partial charge in [0.25, 0.3) is 5.69 Å². The molecule has 0 saturated heterocycles. The van der Waals surface area contributed by atoms with Crippen LogP contribution in [0.4, 0.5) is 11.4 Å². The number of hydrogen-bond acceptors (Lipinski definition) is 4. The molecule has 0 aliphatic heterocycles. The summed E-state index contributed by atoms with van der Waals surface area (Å²) in [4.78, 5) is 23.3. The van der Waals surface area contributed by atoms with E-state index in [0.717, 1.165) is 18.9 Å². The third kappa shape index (κ3) is 2.70. The van der Waals surface area contributed by atoms with Crippen LogP contribution in [0.3, 0.4) is 0 Å². The number of rotatable bonds is 5. The van der Waals surface area contributed by atoms with Gasteiger partial charge in [-0.3, -0.25) is 10.1 Å². The number of halogens is 1. The highest BCUT2D eigenvalue weighted by Crippen LogP contribution is 2.40. The minimum atomic E-state index is -1.22. The highest BCUT2D eigenvalue weighted by atomic mass is 35.5. The number of carboxylic acids is 1. The van der Waals surface area contributed by atoms with Gasteiger partial charge in [-0.2, -0.15) is 0 Å². The summed E-state index contributed by atoms with van der Waals surface area (Å²) < 4.78 is 0. The van der Waals surface area contributed by atoms with Gasteiger partial charge in [-0.25, -0.2) is 4.79 Å². The Morgan fingerprint density at radius 2 is 2.15 bits per heavy atom. The first kappa shape index (κ1) is 14.6. The lowest BCUT2D eigenvalue weighted by atomic mass is 10.1. The van der Waals surface area contributed by atoms with Crippen LogP contribution in [-0.4, -0.2) is 29.1 Å². The number of aromatic carboxylic acids is 1. The molecule has 1 aliphatic carbocycles. The van der Waals surface area contributed by atoms with Gasteiger partial charge in [-0.15, -0.1) is 0 Å². The topological polar surface area (TPSA) is 83.7 Å². The molecular weight excluding hydrogens is 284 g/mol. The number of hydrogen-bond donors (Lipinski definition) is 1. The molecule has 1 fully saturated rings. The summed E-state index contributed by atoms with van der Waals surface area (Å²) in [6, 6.07) is 2.39. The molecular formula is C13H15ClN2O4. The van der Waals surface area contributed by atoms with Gasteiger partial charge in [0.1, 0.15) is 0 Å². The van der Waals surface area contributed by atoms with E-state index in [1.165, 1.54) is 6.07 Å². The molecule has 20 heavy (non-hydrogen) atoms. The lowest BCUT2D eigenvalue weighted by Gasteiger charge is -2.29. The third-order valence-corrected chi connectivity index (χ3v) is 4.05. The number of nitrogens with zero attached hydrogens (tertiary/aromatic N) is 2. The second-order valence-electron chi connectivity index (χ2n) is 5.07. The Balaban J connectivity index is 2.50. The predicted octanol–water partition coefficient (Wildman–Crippen LogP) is 3.18. The average molecular weight is 299 g/mol. The lowest BCUT2D eigenvalue weighted by Crippen LogP contribution is -2.32. The fraction of sp³-hybridized carbons (Fsp3) is 0.462. The van der Waals surface area contributed by atoms with Gasteiger partial charge in [-0.05, 0) is 25.7 Å². The average Bonchev–Trinajstić information content (AvgIpc) is 3.20. The van der Waals surface area contributed by atoms with Crippen LogP contribution in [0.25, 0.3) is 0 Å². The maximum atomic E-state index is 11.4. The molecule has 1 atom stereocenters. The van der Waals surface area contributed by atoms with Crippen molar-refractivity contribution >= 4 is 28.9 Å². The molecule has 1 aromatic carbocycles. The van der Waals surface area contributed by atoms with Gasteiger partial charge in [0.05, 0.1) is 21.2 Å². The van der Waals surface area contributed by atoms with E-state index in [0.29, 0.717) is 11.6 Å². The second-order valence-corrected chi connectivity index (χ2v) is 5.48. The van der Waals surface area contributed by atoms with E-state index in [-0.39, 0.29) is 22.3 Å². The highest BCUT2D eigenvalue weighted by molar-refractivity contribution is 6.34. The Bertz CT molecular complexity index is 572. The molecule has 0 amide bonds. The monoisotopic (exact) mass is 298 g/mol. The van der Waals surface area contributed by atoms with Crippen molar-refractivity contribution in [2.75, 3.05) is 11.9 Å². The van der Waals surface area contributed by atoms with Gasteiger partial charge in [0, 0.05) is 25.2 Å². The van der Waals surface area contributed by atoms with E-state index in [2.05, 4.69) is 0 Å². The first-order valence-corrected chi connectivity index (χ1v) is 6.64. The lowest BCUT2D eigenvalue weighted by molar-refractivity contribution is -0.384. The van der Waals surface area contributed by atoms with Crippen molar-refractivity contribution < 1.29 is 14.8 Å². The smallest absolute Gasteiger partial charge is 0.338 e. The highest BCUT2D eigenvalue weighted by Gasteiger charge is 2.33. The number of carbonyl (C=O) groups is 1. The van der Waals surface area contributed by atoms with E-state index in [9.17, 15) is 20.0 Å². The largest absolute Gasteiger partial charge is 0.478 e. The predicted molar refractivity (Wildman–Crippen MR) is 75.7 cm³/mol. The number of nitro groups is 1. The molecule has 2 rings (SSSR count). The number of carboxylic acid groups (broad SMARTS) is 1. The Kier molecular flexibility index (Phi) is 3.85. The normalized spacial score (nSPS) is 15.8. The first-order chi connectivity index (χ1) is 9.32. The maximum Gasteiger partial charge on any atom is 0.338 e. The van der Waals surface area contributed by atoms with Crippen LogP contribution in [0.15, 0.2) is 12.1 Å². The summed E-state index contributed by atoms with van der Waals surface area (Å²) >= 11 is 6.08. The zero-order valence-corrected chi connectivity index (χ0v) is 11.9. The molecule has 0 aromatic heterocycles. The molecule has 1 aromatic rings. The molecule has 7 heteroatoms. The summed E-state index contributed by atoms with van der Waals surface area (Å²) in [5.41, 5.74) is -0.119. The number of anilines is 1. The van der Waals surface area contributed by atoms with E-state index < -0.39 is 10.9 Å². The molecule has 6 nitrogen and oxygen atoms in total. The Hall–Kier alpha value is -1.82. The van der Waals surface area contributed by atoms with Crippen molar-refractivity contribution in [1.82, 2.24) is 0 Å². The van der Waals surface area contributed by atoms with Crippen LogP contribution in [0.1, 0.15) is 30.1 Å². The van der Waals surface area contributed by atoms with Crippen molar-refractivity contribution in [3.63, 3.8) is 0 Å². The van der Waals surface area contributed by atoms with Crippen molar-refractivity contribution in [3.8, 4) is 0 Å². The fourth-order valence-electron chi connectivity index (χ4n) is 2.31. The van der Waals surface area contributed by atoms with Crippen LogP contribution < -0.4 is 4.90 Å². The summed E-state index contributed by atoms with van der Waals surface area (Å²) in [6.07, 6.45) is 2.22. The van der Waals surface area contributed by atoms with Gasteiger partial charge in [0.2, 0.25) is 0 Å². The van der Waals surface area contributed by atoms with Crippen LogP contribution in [0.5, 0.6) is 0 Å². The number of nitro benzene ring substituents is 1. The van der Waals surface area contributed by atoms with E-state index in [1.807, 2.05) is 6.92 Å². The molecule has 1 aliphatic rings. The van der Waals surface area contributed by atoms with Crippen molar-refractivity contribution in [2.24, 2.45) is 5.92 Å². The number of non-ortho nitro benzene ring substituents is 1. The van der Waals surface area contributed by atoms with E-state index >= 15 is 0 Å². The molecule has 0 heterocycles. The molecule has 1 N–H and O–H groups in total. The van der Waals surface area contributed by atoms with Crippen molar-refractivity contribution in [1.29, 1.82) is 0 Å². The van der Waals surface area contributed by atoms with Crippen LogP contribution in [-0.2, 0) is 0 Å². The Labute approximate surface area is 121 Å². The zero-order chi connectivity index (χ0) is 15.0. The summed E-state index contributed by atoms with van der Waals surface area (Å²) in [7, 11) is 1.77. The minimum Gasteiger partial charge on any atom is -0.478 e. The summed E-state index contributed by atoms with van der Waals surface area (Å²) in [5.74, 6) is -0.701. The molecule has 1 saturated carbocycles. The van der Waals surface area contributed by atoms with Gasteiger partial charge in [0.15, 0.2) is 0 Å². The van der Waals surface area contributed by atoms with Crippen molar-refractivity contribution in [2.45, 2.75) is 25.8 Å². The molecule has 1 unspecified atom stereocenters. The SMILES string of the molecule is CC(C1CC1)N(C)c1c(Cl)cc([N+](=O)[O-])cc1C(=O)O. The first-order valence-electron chi connectivity index (χ1n) is 6.27. The van der Waals surface area contributed by atoms with Crippen LogP contribution in [0, 0.1) is 16.0 Å². The molecule has 108 valence electrons. The van der Waals surface area contributed by atoms with Gasteiger partial charge < -0.3 is 10.0 Å². The van der Waals surface area contributed by atoms with E-state index in [1.54, 1.807) is 11.9 Å². The van der Waals surface area contributed by atoms with Gasteiger partial charge >= 0.3 is 5.97 Å². The number of benzene rings is 1. The fourth-order valence-corrected chi connectivity index (χ4v) is 2.66. The van der Waals surface area contributed by atoms with Crippen LogP contribution in [0.2, 0.25) is 5.02 Å². The Morgan fingerprint density at radius 1 is 1.55 bits per heavy atom. The molecule has 0 radical (unpaired) electrons.